The Morgan fingerprint density at radius 1 is 1.19 bits per heavy atom. The van der Waals surface area contributed by atoms with E-state index in [1.165, 1.54) is 6.20 Å². The van der Waals surface area contributed by atoms with Crippen LogP contribution >= 0.6 is 22.6 Å². The van der Waals surface area contributed by atoms with E-state index in [1.807, 2.05) is 24.3 Å². The SMILES string of the molecule is O=C(Nc1ccc(I)cc1)Nc1ccno1. The molecule has 1 aromatic heterocycles. The van der Waals surface area contributed by atoms with E-state index in [2.05, 4.69) is 38.4 Å². The van der Waals surface area contributed by atoms with E-state index in [0.29, 0.717) is 5.88 Å². The molecule has 2 aromatic rings. The van der Waals surface area contributed by atoms with Gasteiger partial charge in [-0.25, -0.2) is 4.79 Å². The lowest BCUT2D eigenvalue weighted by molar-refractivity contribution is 0.261. The zero-order chi connectivity index (χ0) is 11.4. The number of rotatable bonds is 2. The largest absolute Gasteiger partial charge is 0.338 e. The smallest absolute Gasteiger partial charge is 0.326 e. The summed E-state index contributed by atoms with van der Waals surface area (Å²) in [6, 6.07) is 8.66. The highest BCUT2D eigenvalue weighted by molar-refractivity contribution is 14.1. The third-order valence-corrected chi connectivity index (χ3v) is 2.50. The Morgan fingerprint density at radius 3 is 2.56 bits per heavy atom. The molecular weight excluding hydrogens is 321 g/mol. The highest BCUT2D eigenvalue weighted by atomic mass is 127. The first-order chi connectivity index (χ1) is 7.74. The van der Waals surface area contributed by atoms with Crippen LogP contribution in [0.25, 0.3) is 0 Å². The highest BCUT2D eigenvalue weighted by Crippen LogP contribution is 2.11. The monoisotopic (exact) mass is 329 g/mol. The zero-order valence-electron chi connectivity index (χ0n) is 8.11. The number of carbonyl (C=O) groups excluding carboxylic acids is 1. The van der Waals surface area contributed by atoms with Gasteiger partial charge in [0.25, 0.3) is 0 Å². The molecular formula is C10H8IN3O2. The van der Waals surface area contributed by atoms with Crippen LogP contribution in [0.2, 0.25) is 0 Å². The maximum atomic E-state index is 11.5. The molecule has 0 radical (unpaired) electrons. The summed E-state index contributed by atoms with van der Waals surface area (Å²) in [6.07, 6.45) is 1.46. The molecule has 82 valence electrons. The Labute approximate surface area is 105 Å². The van der Waals surface area contributed by atoms with Crippen LogP contribution in [0, 0.1) is 3.57 Å². The molecule has 0 saturated carbocycles. The number of nitrogens with zero attached hydrogens (tertiary/aromatic N) is 1. The van der Waals surface area contributed by atoms with Crippen LogP contribution in [-0.2, 0) is 0 Å². The molecule has 0 aliphatic carbocycles. The van der Waals surface area contributed by atoms with Gasteiger partial charge in [0.15, 0.2) is 0 Å². The van der Waals surface area contributed by atoms with Crippen molar-refractivity contribution in [2.45, 2.75) is 0 Å². The van der Waals surface area contributed by atoms with Crippen LogP contribution in [0.4, 0.5) is 16.4 Å². The molecule has 0 unspecified atom stereocenters. The lowest BCUT2D eigenvalue weighted by Gasteiger charge is -2.04. The minimum Gasteiger partial charge on any atom is -0.338 e. The summed E-state index contributed by atoms with van der Waals surface area (Å²) in [4.78, 5) is 11.5. The zero-order valence-corrected chi connectivity index (χ0v) is 10.3. The van der Waals surface area contributed by atoms with Crippen molar-refractivity contribution in [3.63, 3.8) is 0 Å². The van der Waals surface area contributed by atoms with Gasteiger partial charge in [-0.05, 0) is 46.9 Å². The van der Waals surface area contributed by atoms with Gasteiger partial charge in [0, 0.05) is 15.3 Å². The standard InChI is InChI=1S/C10H8IN3O2/c11-7-1-3-8(4-2-7)13-10(15)14-9-5-6-12-16-9/h1-6H,(H2,13,14,15). The van der Waals surface area contributed by atoms with E-state index in [-0.39, 0.29) is 6.03 Å². The molecule has 0 atom stereocenters. The van der Waals surface area contributed by atoms with E-state index in [4.69, 9.17) is 4.52 Å². The molecule has 0 aliphatic heterocycles. The fourth-order valence-corrected chi connectivity index (χ4v) is 1.45. The molecule has 0 fully saturated rings. The van der Waals surface area contributed by atoms with Crippen LogP contribution in [0.1, 0.15) is 0 Å². The van der Waals surface area contributed by atoms with Crippen LogP contribution in [0.15, 0.2) is 41.1 Å². The summed E-state index contributed by atoms with van der Waals surface area (Å²) in [5.41, 5.74) is 0.720. The minimum atomic E-state index is -0.363. The quantitative estimate of drug-likeness (QED) is 0.833. The highest BCUT2D eigenvalue weighted by Gasteiger charge is 2.04. The van der Waals surface area contributed by atoms with E-state index < -0.39 is 0 Å². The number of hydrogen-bond donors (Lipinski definition) is 2. The average Bonchev–Trinajstić information content (AvgIpc) is 2.74. The summed E-state index contributed by atoms with van der Waals surface area (Å²) in [5, 5.41) is 8.65. The fourth-order valence-electron chi connectivity index (χ4n) is 1.09. The first kappa shape index (κ1) is 10.9. The molecule has 16 heavy (non-hydrogen) atoms. The number of carbonyl (C=O) groups is 1. The number of aromatic nitrogens is 1. The normalized spacial score (nSPS) is 9.81. The second-order valence-corrected chi connectivity index (χ2v) is 4.21. The second-order valence-electron chi connectivity index (χ2n) is 2.96. The van der Waals surface area contributed by atoms with Crippen molar-refractivity contribution in [3.8, 4) is 0 Å². The lowest BCUT2D eigenvalue weighted by Crippen LogP contribution is -2.18. The molecule has 1 aromatic carbocycles. The van der Waals surface area contributed by atoms with Gasteiger partial charge in [-0.2, -0.15) is 0 Å². The van der Waals surface area contributed by atoms with Crippen molar-refractivity contribution >= 4 is 40.2 Å². The Kier molecular flexibility index (Phi) is 3.40. The number of benzene rings is 1. The third-order valence-electron chi connectivity index (χ3n) is 1.78. The number of amides is 2. The maximum Gasteiger partial charge on any atom is 0.326 e. The molecule has 1 heterocycles. The predicted octanol–water partition coefficient (Wildman–Crippen LogP) is 2.92. The molecule has 5 nitrogen and oxygen atoms in total. The van der Waals surface area contributed by atoms with Crippen molar-refractivity contribution in [2.24, 2.45) is 0 Å². The van der Waals surface area contributed by atoms with Crippen molar-refractivity contribution in [3.05, 3.63) is 40.1 Å². The Balaban J connectivity index is 1.95. The first-order valence-corrected chi connectivity index (χ1v) is 5.56. The van der Waals surface area contributed by atoms with Gasteiger partial charge in [-0.15, -0.1) is 0 Å². The summed E-state index contributed by atoms with van der Waals surface area (Å²) in [5.74, 6) is 0.308. The predicted molar refractivity (Wildman–Crippen MR) is 68.3 cm³/mol. The molecule has 2 rings (SSSR count). The molecule has 2 N–H and O–H groups in total. The van der Waals surface area contributed by atoms with Crippen molar-refractivity contribution < 1.29 is 9.32 Å². The number of urea groups is 1. The van der Waals surface area contributed by atoms with Gasteiger partial charge < -0.3 is 9.84 Å². The first-order valence-electron chi connectivity index (χ1n) is 4.48. The van der Waals surface area contributed by atoms with Gasteiger partial charge in [0.1, 0.15) is 0 Å². The number of halogens is 1. The minimum absolute atomic E-state index is 0.308. The summed E-state index contributed by atoms with van der Waals surface area (Å²) >= 11 is 2.20. The molecule has 6 heteroatoms. The van der Waals surface area contributed by atoms with Crippen molar-refractivity contribution in [2.75, 3.05) is 10.6 Å². The molecule has 0 bridgehead atoms. The van der Waals surface area contributed by atoms with E-state index in [9.17, 15) is 4.79 Å². The summed E-state index contributed by atoms with van der Waals surface area (Å²) in [7, 11) is 0. The molecule has 0 spiro atoms. The van der Waals surface area contributed by atoms with Crippen LogP contribution in [0.3, 0.4) is 0 Å². The molecule has 0 saturated heterocycles. The topological polar surface area (TPSA) is 67.2 Å². The number of hydrogen-bond acceptors (Lipinski definition) is 3. The van der Waals surface area contributed by atoms with Crippen molar-refractivity contribution in [1.82, 2.24) is 5.16 Å². The lowest BCUT2D eigenvalue weighted by atomic mass is 10.3. The van der Waals surface area contributed by atoms with Gasteiger partial charge >= 0.3 is 6.03 Å². The van der Waals surface area contributed by atoms with E-state index in [1.54, 1.807) is 6.07 Å². The van der Waals surface area contributed by atoms with Crippen LogP contribution < -0.4 is 10.6 Å². The molecule has 2 amide bonds. The fraction of sp³-hybridized carbons (Fsp3) is 0. The molecule has 0 aliphatic rings. The van der Waals surface area contributed by atoms with Gasteiger partial charge in [0.05, 0.1) is 6.20 Å². The third kappa shape index (κ3) is 2.96. The number of nitrogens with one attached hydrogen (secondary N) is 2. The Hall–Kier alpha value is -1.57. The van der Waals surface area contributed by atoms with Crippen LogP contribution in [-0.4, -0.2) is 11.2 Å². The van der Waals surface area contributed by atoms with E-state index in [0.717, 1.165) is 9.26 Å². The van der Waals surface area contributed by atoms with Crippen LogP contribution in [0.5, 0.6) is 0 Å². The summed E-state index contributed by atoms with van der Waals surface area (Å²) in [6.45, 7) is 0. The van der Waals surface area contributed by atoms with Gasteiger partial charge in [0.2, 0.25) is 5.88 Å². The van der Waals surface area contributed by atoms with Crippen molar-refractivity contribution in [1.29, 1.82) is 0 Å². The second kappa shape index (κ2) is 4.97. The van der Waals surface area contributed by atoms with Gasteiger partial charge in [-0.3, -0.25) is 5.32 Å². The summed E-state index contributed by atoms with van der Waals surface area (Å²) < 4.78 is 5.85. The maximum absolute atomic E-state index is 11.5. The Bertz CT molecular complexity index is 467. The van der Waals surface area contributed by atoms with Gasteiger partial charge in [-0.1, -0.05) is 5.16 Å². The average molecular weight is 329 g/mol. The van der Waals surface area contributed by atoms with E-state index >= 15 is 0 Å². The number of anilines is 2. The Morgan fingerprint density at radius 2 is 1.94 bits per heavy atom.